The Kier molecular flexibility index (Phi) is 9.20. The minimum Gasteiger partial charge on any atom is -0.357 e. The summed E-state index contributed by atoms with van der Waals surface area (Å²) >= 11 is 0. The van der Waals surface area contributed by atoms with Crippen molar-refractivity contribution in [3.63, 3.8) is 0 Å². The molecule has 3 fully saturated rings. The average Bonchev–Trinajstić information content (AvgIpc) is 3.54. The van der Waals surface area contributed by atoms with E-state index in [1.165, 1.54) is 11.5 Å². The Balaban J connectivity index is 0.000000352. The van der Waals surface area contributed by atoms with Gasteiger partial charge in [-0.25, -0.2) is 0 Å². The van der Waals surface area contributed by atoms with E-state index < -0.39 is 0 Å². The summed E-state index contributed by atoms with van der Waals surface area (Å²) in [5.41, 5.74) is 2.41. The molecular formula is C25H24FeN2O+2. The molecule has 2 heterocycles. The zero-order chi connectivity index (χ0) is 19.0. The number of aromatic nitrogens is 1. The molecule has 10 radical (unpaired) electrons. The first-order chi connectivity index (χ1) is 13.9. The van der Waals surface area contributed by atoms with Crippen molar-refractivity contribution in [1.29, 1.82) is 0 Å². The van der Waals surface area contributed by atoms with E-state index in [0.29, 0.717) is 6.61 Å². The minimum atomic E-state index is -0.0520. The molecule has 2 aliphatic carbocycles. The quantitative estimate of drug-likeness (QED) is 0.672. The van der Waals surface area contributed by atoms with Crippen molar-refractivity contribution in [2.45, 2.75) is 12.3 Å². The van der Waals surface area contributed by atoms with Gasteiger partial charge in [-0.1, -0.05) is 36.4 Å². The first kappa shape index (κ1) is 22.5. The number of nitrogens with zero attached hydrogens (tertiary/aromatic N) is 2. The van der Waals surface area contributed by atoms with Crippen LogP contribution in [0, 0.1) is 63.7 Å². The first-order valence-corrected chi connectivity index (χ1v) is 9.61. The Hall–Kier alpha value is -1.19. The Labute approximate surface area is 186 Å². The van der Waals surface area contributed by atoms with Crippen LogP contribution >= 0.6 is 0 Å². The largest absolute Gasteiger partial charge is 2.00 e. The standard InChI is InChI=1S/C20H19N2O.C5H5.Fe/c1-2-9-17(10-3-1)19-15-23-20(18-11-6-12-21-13-18)22(19)14-16-7-4-5-8-16;1-2-4-5-3-1;/h1-13,19-20H,14-15H2;1-5H;/q;;+2/t19-,20+;;/m0../s1. The normalized spacial score (nSPS) is 24.7. The van der Waals surface area contributed by atoms with Crippen molar-refractivity contribution in [2.75, 3.05) is 13.2 Å². The maximum atomic E-state index is 6.15. The van der Waals surface area contributed by atoms with Crippen molar-refractivity contribution in [2.24, 2.45) is 0 Å². The van der Waals surface area contributed by atoms with Gasteiger partial charge >= 0.3 is 17.1 Å². The third kappa shape index (κ3) is 6.15. The third-order valence-corrected chi connectivity index (χ3v) is 4.92. The van der Waals surface area contributed by atoms with Crippen LogP contribution in [0.5, 0.6) is 0 Å². The van der Waals surface area contributed by atoms with Gasteiger partial charge in [0, 0.05) is 24.5 Å². The topological polar surface area (TPSA) is 25.4 Å². The smallest absolute Gasteiger partial charge is 0.357 e. The molecular weight excluding hydrogens is 400 g/mol. The predicted octanol–water partition coefficient (Wildman–Crippen LogP) is 4.58. The maximum Gasteiger partial charge on any atom is 2.00 e. The average molecular weight is 424 g/mol. The van der Waals surface area contributed by atoms with E-state index in [2.05, 4.69) is 72.0 Å². The molecule has 0 amide bonds. The van der Waals surface area contributed by atoms with E-state index in [1.807, 2.05) is 44.4 Å². The van der Waals surface area contributed by atoms with Crippen molar-refractivity contribution < 1.29 is 21.8 Å². The third-order valence-electron chi connectivity index (χ3n) is 4.92. The molecule has 1 aliphatic heterocycles. The number of ether oxygens (including phenoxy) is 1. The molecule has 0 N–H and O–H groups in total. The molecule has 5 rings (SSSR count). The van der Waals surface area contributed by atoms with Gasteiger partial charge in [0.25, 0.3) is 0 Å². The maximum absolute atomic E-state index is 6.15. The minimum absolute atomic E-state index is 0. The molecule has 1 aromatic carbocycles. The van der Waals surface area contributed by atoms with E-state index in [9.17, 15) is 0 Å². The van der Waals surface area contributed by atoms with Crippen molar-refractivity contribution >= 4 is 0 Å². The number of rotatable bonds is 4. The van der Waals surface area contributed by atoms with Crippen LogP contribution in [0.1, 0.15) is 23.4 Å². The first-order valence-electron chi connectivity index (χ1n) is 9.61. The van der Waals surface area contributed by atoms with Crippen LogP contribution in [0.3, 0.4) is 0 Å². The second-order valence-electron chi connectivity index (χ2n) is 6.83. The monoisotopic (exact) mass is 424 g/mol. The Morgan fingerprint density at radius 2 is 1.48 bits per heavy atom. The molecule has 1 saturated heterocycles. The fourth-order valence-electron chi connectivity index (χ4n) is 3.55. The molecule has 1 aromatic heterocycles. The summed E-state index contributed by atoms with van der Waals surface area (Å²) in [5.74, 6) is 1.31. The van der Waals surface area contributed by atoms with Gasteiger partial charge < -0.3 is 4.74 Å². The summed E-state index contributed by atoms with van der Waals surface area (Å²) in [6.45, 7) is 1.57. The van der Waals surface area contributed by atoms with Gasteiger partial charge in [-0.3, -0.25) is 9.88 Å². The fraction of sp³-hybridized carbons (Fsp3) is 0.160. The van der Waals surface area contributed by atoms with Gasteiger partial charge in [-0.15, -0.1) is 0 Å². The molecule has 3 aliphatic rings. The van der Waals surface area contributed by atoms with Crippen molar-refractivity contribution in [3.05, 3.63) is 130 Å². The van der Waals surface area contributed by atoms with E-state index in [4.69, 9.17) is 4.74 Å². The van der Waals surface area contributed by atoms with Crippen LogP contribution < -0.4 is 0 Å². The van der Waals surface area contributed by atoms with Crippen molar-refractivity contribution in [1.82, 2.24) is 9.88 Å². The van der Waals surface area contributed by atoms with Crippen LogP contribution in [0.4, 0.5) is 0 Å². The Morgan fingerprint density at radius 3 is 2.10 bits per heavy atom. The number of hydrogen-bond donors (Lipinski definition) is 0. The second kappa shape index (κ2) is 11.9. The molecule has 2 aromatic rings. The summed E-state index contributed by atoms with van der Waals surface area (Å²) in [5, 5.41) is 0. The van der Waals surface area contributed by atoms with Crippen LogP contribution in [0.15, 0.2) is 54.9 Å². The van der Waals surface area contributed by atoms with Crippen LogP contribution in [-0.2, 0) is 21.8 Å². The van der Waals surface area contributed by atoms with E-state index in [0.717, 1.165) is 12.1 Å². The van der Waals surface area contributed by atoms with Gasteiger partial charge in [0.2, 0.25) is 0 Å². The van der Waals surface area contributed by atoms with Gasteiger partial charge in [0.05, 0.1) is 12.6 Å². The van der Waals surface area contributed by atoms with Gasteiger partial charge in [-0.2, -0.15) is 0 Å². The summed E-state index contributed by atoms with van der Waals surface area (Å²) in [4.78, 5) is 6.67. The van der Waals surface area contributed by atoms with Gasteiger partial charge in [0.1, 0.15) is 6.23 Å². The molecule has 4 heteroatoms. The van der Waals surface area contributed by atoms with Crippen LogP contribution in [0.25, 0.3) is 0 Å². The predicted molar refractivity (Wildman–Crippen MR) is 111 cm³/mol. The Bertz CT molecular complexity index is 631. The molecule has 0 spiro atoms. The molecule has 0 unspecified atom stereocenters. The summed E-state index contributed by atoms with van der Waals surface area (Å²) in [6.07, 6.45) is 22.2. The zero-order valence-corrected chi connectivity index (χ0v) is 17.2. The van der Waals surface area contributed by atoms with Gasteiger partial charge in [0.15, 0.2) is 0 Å². The number of pyridine rings is 1. The molecule has 3 nitrogen and oxygen atoms in total. The molecule has 2 saturated carbocycles. The second-order valence-corrected chi connectivity index (χ2v) is 6.83. The van der Waals surface area contributed by atoms with Crippen LogP contribution in [-0.4, -0.2) is 23.0 Å². The fourth-order valence-corrected chi connectivity index (χ4v) is 3.55. The van der Waals surface area contributed by atoms with E-state index >= 15 is 0 Å². The number of benzene rings is 1. The molecule has 0 bridgehead atoms. The zero-order valence-electron chi connectivity index (χ0n) is 16.1. The van der Waals surface area contributed by atoms with Crippen molar-refractivity contribution in [3.8, 4) is 0 Å². The molecule has 146 valence electrons. The summed E-state index contributed by atoms with van der Waals surface area (Å²) < 4.78 is 6.15. The van der Waals surface area contributed by atoms with E-state index in [1.54, 1.807) is 6.20 Å². The molecule has 29 heavy (non-hydrogen) atoms. The van der Waals surface area contributed by atoms with E-state index in [-0.39, 0.29) is 29.3 Å². The number of hydrogen-bond acceptors (Lipinski definition) is 3. The van der Waals surface area contributed by atoms with Crippen LogP contribution in [0.2, 0.25) is 0 Å². The molecule has 2 atom stereocenters. The Morgan fingerprint density at radius 1 is 0.828 bits per heavy atom. The van der Waals surface area contributed by atoms with Gasteiger partial charge in [-0.05, 0) is 75.3 Å². The summed E-state index contributed by atoms with van der Waals surface area (Å²) in [7, 11) is 0. The summed E-state index contributed by atoms with van der Waals surface area (Å²) in [6, 6.07) is 14.9. The SMILES string of the molecule is [CH]1[CH][CH][CH][CH]1.[CH]1[CH][CH][C](CN2[C@@H](c3cccnc3)OC[C@H]2c2ccccc2)[CH]1.[Fe+2].